The van der Waals surface area contributed by atoms with Crippen LogP contribution >= 0.6 is 0 Å². The lowest BCUT2D eigenvalue weighted by Gasteiger charge is -2.21. The van der Waals surface area contributed by atoms with Gasteiger partial charge in [-0.25, -0.2) is 4.39 Å². The van der Waals surface area contributed by atoms with E-state index in [4.69, 9.17) is 5.26 Å². The summed E-state index contributed by atoms with van der Waals surface area (Å²) in [7, 11) is 0. The van der Waals surface area contributed by atoms with Gasteiger partial charge in [-0.2, -0.15) is 5.26 Å². The van der Waals surface area contributed by atoms with E-state index >= 15 is 0 Å². The molecule has 1 fully saturated rings. The Morgan fingerprint density at radius 1 is 1.25 bits per heavy atom. The van der Waals surface area contributed by atoms with Gasteiger partial charge in [0.25, 0.3) is 0 Å². The van der Waals surface area contributed by atoms with Crippen molar-refractivity contribution < 1.29 is 4.39 Å². The van der Waals surface area contributed by atoms with Crippen LogP contribution in [0.5, 0.6) is 0 Å². The molecule has 1 unspecified atom stereocenters. The van der Waals surface area contributed by atoms with Crippen molar-refractivity contribution >= 4 is 0 Å². The van der Waals surface area contributed by atoms with Crippen LogP contribution in [0.2, 0.25) is 0 Å². The van der Waals surface area contributed by atoms with E-state index in [1.807, 2.05) is 0 Å². The maximum Gasteiger partial charge on any atom is 0.123 e. The van der Waals surface area contributed by atoms with Crippen LogP contribution in [-0.4, -0.2) is 24.0 Å². The highest BCUT2D eigenvalue weighted by Gasteiger charge is 2.21. The number of rotatable bonds is 3. The van der Waals surface area contributed by atoms with Crippen LogP contribution in [0.15, 0.2) is 24.3 Å². The zero-order valence-corrected chi connectivity index (χ0v) is 9.19. The number of halogens is 1. The fraction of sp³-hybridized carbons (Fsp3) is 0.462. The average molecular weight is 218 g/mol. The third-order valence-electron chi connectivity index (χ3n) is 3.07. The Labute approximate surface area is 95.3 Å². The summed E-state index contributed by atoms with van der Waals surface area (Å²) in [5.41, 5.74) is 1.03. The molecule has 1 heterocycles. The first-order valence-electron chi connectivity index (χ1n) is 5.68. The molecule has 1 saturated heterocycles. The molecular weight excluding hydrogens is 203 g/mol. The molecule has 1 atom stereocenters. The highest BCUT2D eigenvalue weighted by Crippen LogP contribution is 2.15. The quantitative estimate of drug-likeness (QED) is 0.778. The third-order valence-corrected chi connectivity index (χ3v) is 3.07. The molecule has 2 nitrogen and oxygen atoms in total. The van der Waals surface area contributed by atoms with Crippen LogP contribution in [0.4, 0.5) is 4.39 Å². The van der Waals surface area contributed by atoms with Crippen molar-refractivity contribution in [3.8, 4) is 6.07 Å². The van der Waals surface area contributed by atoms with Crippen LogP contribution in [0.25, 0.3) is 0 Å². The van der Waals surface area contributed by atoms with E-state index in [1.54, 1.807) is 12.1 Å². The molecule has 2 rings (SSSR count). The molecule has 1 aliphatic heterocycles. The third kappa shape index (κ3) is 2.59. The van der Waals surface area contributed by atoms with Crippen molar-refractivity contribution in [2.75, 3.05) is 13.1 Å². The van der Waals surface area contributed by atoms with Crippen molar-refractivity contribution in [2.24, 2.45) is 0 Å². The van der Waals surface area contributed by atoms with Crippen LogP contribution < -0.4 is 0 Å². The van der Waals surface area contributed by atoms with Gasteiger partial charge in [-0.15, -0.1) is 0 Å². The van der Waals surface area contributed by atoms with Gasteiger partial charge in [0.15, 0.2) is 0 Å². The number of hydrogen-bond acceptors (Lipinski definition) is 2. The zero-order chi connectivity index (χ0) is 11.4. The minimum absolute atomic E-state index is 0.0621. The van der Waals surface area contributed by atoms with Crippen molar-refractivity contribution in [2.45, 2.75) is 25.3 Å². The second-order valence-corrected chi connectivity index (χ2v) is 4.22. The fourth-order valence-electron chi connectivity index (χ4n) is 2.15. The molecule has 0 bridgehead atoms. The highest BCUT2D eigenvalue weighted by molar-refractivity contribution is 5.19. The van der Waals surface area contributed by atoms with Gasteiger partial charge in [0.05, 0.1) is 6.07 Å². The molecule has 0 saturated carbocycles. The maximum absolute atomic E-state index is 12.7. The largest absolute Gasteiger partial charge is 0.288 e. The van der Waals surface area contributed by atoms with Gasteiger partial charge >= 0.3 is 0 Å². The van der Waals surface area contributed by atoms with Crippen molar-refractivity contribution in [1.82, 2.24) is 4.90 Å². The van der Waals surface area contributed by atoms with Crippen LogP contribution in [0, 0.1) is 17.1 Å². The summed E-state index contributed by atoms with van der Waals surface area (Å²) in [5.74, 6) is -0.224. The monoisotopic (exact) mass is 218 g/mol. The van der Waals surface area contributed by atoms with E-state index in [2.05, 4.69) is 11.0 Å². The predicted molar refractivity (Wildman–Crippen MR) is 60.3 cm³/mol. The first-order valence-corrected chi connectivity index (χ1v) is 5.68. The number of likely N-dealkylation sites (tertiary alicyclic amines) is 1. The minimum Gasteiger partial charge on any atom is -0.288 e. The van der Waals surface area contributed by atoms with E-state index in [0.29, 0.717) is 6.42 Å². The Kier molecular flexibility index (Phi) is 3.53. The molecule has 0 amide bonds. The lowest BCUT2D eigenvalue weighted by molar-refractivity contribution is 0.288. The summed E-state index contributed by atoms with van der Waals surface area (Å²) in [6, 6.07) is 8.70. The molecule has 0 aromatic heterocycles. The predicted octanol–water partition coefficient (Wildman–Crippen LogP) is 2.36. The van der Waals surface area contributed by atoms with Crippen LogP contribution in [0.3, 0.4) is 0 Å². The van der Waals surface area contributed by atoms with Gasteiger partial charge in [-0.05, 0) is 43.6 Å². The zero-order valence-electron chi connectivity index (χ0n) is 9.19. The van der Waals surface area contributed by atoms with Gasteiger partial charge in [0.1, 0.15) is 11.9 Å². The Balaban J connectivity index is 2.01. The van der Waals surface area contributed by atoms with E-state index in [0.717, 1.165) is 18.7 Å². The summed E-state index contributed by atoms with van der Waals surface area (Å²) in [6.07, 6.45) is 3.06. The first kappa shape index (κ1) is 11.1. The van der Waals surface area contributed by atoms with E-state index < -0.39 is 0 Å². The Hall–Kier alpha value is -1.40. The van der Waals surface area contributed by atoms with Crippen LogP contribution in [0.1, 0.15) is 18.4 Å². The molecule has 84 valence electrons. The standard InChI is InChI=1S/C13H15FN2/c14-12-5-3-11(4-6-12)9-13(10-15)16-7-1-2-8-16/h3-6,13H,1-2,7-9H2. The topological polar surface area (TPSA) is 27.0 Å². The normalized spacial score (nSPS) is 18.2. The van der Waals surface area contributed by atoms with Crippen LogP contribution in [-0.2, 0) is 6.42 Å². The first-order chi connectivity index (χ1) is 7.79. The molecule has 3 heteroatoms. The maximum atomic E-state index is 12.7. The molecule has 0 radical (unpaired) electrons. The summed E-state index contributed by atoms with van der Waals surface area (Å²) in [6.45, 7) is 2.03. The van der Waals surface area contributed by atoms with Gasteiger partial charge in [-0.1, -0.05) is 12.1 Å². The summed E-state index contributed by atoms with van der Waals surface area (Å²) in [4.78, 5) is 2.21. The number of nitriles is 1. The van der Waals surface area contributed by atoms with Gasteiger partial charge in [-0.3, -0.25) is 4.90 Å². The lowest BCUT2D eigenvalue weighted by atomic mass is 10.1. The molecule has 1 aromatic rings. The number of benzene rings is 1. The van der Waals surface area contributed by atoms with Gasteiger partial charge < -0.3 is 0 Å². The second kappa shape index (κ2) is 5.09. The minimum atomic E-state index is -0.224. The Bertz CT molecular complexity index is 374. The SMILES string of the molecule is N#CC(Cc1ccc(F)cc1)N1CCCC1. The van der Waals surface area contributed by atoms with Crippen molar-refractivity contribution in [3.63, 3.8) is 0 Å². The molecular formula is C13H15FN2. The number of hydrogen-bond donors (Lipinski definition) is 0. The van der Waals surface area contributed by atoms with Crippen molar-refractivity contribution in [1.29, 1.82) is 5.26 Å². The van der Waals surface area contributed by atoms with Gasteiger partial charge in [0, 0.05) is 6.42 Å². The van der Waals surface area contributed by atoms with Gasteiger partial charge in [0.2, 0.25) is 0 Å². The Morgan fingerprint density at radius 3 is 2.44 bits per heavy atom. The Morgan fingerprint density at radius 2 is 1.88 bits per heavy atom. The molecule has 1 aliphatic rings. The fourth-order valence-corrected chi connectivity index (χ4v) is 2.15. The molecule has 0 aliphatic carbocycles. The highest BCUT2D eigenvalue weighted by atomic mass is 19.1. The molecule has 16 heavy (non-hydrogen) atoms. The molecule has 1 aromatic carbocycles. The van der Waals surface area contributed by atoms with E-state index in [-0.39, 0.29) is 11.9 Å². The average Bonchev–Trinajstić information content (AvgIpc) is 2.82. The number of nitrogens with zero attached hydrogens (tertiary/aromatic N) is 2. The van der Waals surface area contributed by atoms with E-state index in [1.165, 1.54) is 25.0 Å². The van der Waals surface area contributed by atoms with E-state index in [9.17, 15) is 4.39 Å². The summed E-state index contributed by atoms with van der Waals surface area (Å²) >= 11 is 0. The second-order valence-electron chi connectivity index (χ2n) is 4.22. The summed E-state index contributed by atoms with van der Waals surface area (Å²) in [5, 5.41) is 9.14. The summed E-state index contributed by atoms with van der Waals surface area (Å²) < 4.78 is 12.7. The lowest BCUT2D eigenvalue weighted by Crippen LogP contribution is -2.33. The smallest absolute Gasteiger partial charge is 0.123 e. The molecule has 0 N–H and O–H groups in total. The molecule has 0 spiro atoms. The van der Waals surface area contributed by atoms with Crippen molar-refractivity contribution in [3.05, 3.63) is 35.6 Å².